The second-order valence-electron chi connectivity index (χ2n) is 4.18. The van der Waals surface area contributed by atoms with Crippen LogP contribution in [0, 0.1) is 0 Å². The number of hydrogen-bond acceptors (Lipinski definition) is 4. The third kappa shape index (κ3) is 4.35. The van der Waals surface area contributed by atoms with Gasteiger partial charge in [0.15, 0.2) is 6.08 Å². The minimum Gasteiger partial charge on any atom is -0.594 e. The molecule has 1 rings (SSSR count). The van der Waals surface area contributed by atoms with Crippen LogP contribution in [-0.4, -0.2) is 11.7 Å². The summed E-state index contributed by atoms with van der Waals surface area (Å²) < 4.78 is 5.04. The van der Waals surface area contributed by atoms with Gasteiger partial charge in [0.2, 0.25) is 0 Å². The minimum atomic E-state index is -0.590. The van der Waals surface area contributed by atoms with Gasteiger partial charge in [-0.05, 0) is 24.3 Å². The average Bonchev–Trinajstić information content (AvgIpc) is 2.05. The van der Waals surface area contributed by atoms with Gasteiger partial charge < -0.3 is 15.6 Å². The molecule has 0 radical (unpaired) electrons. The molecule has 1 aromatic carbocycles. The lowest BCUT2D eigenvalue weighted by molar-refractivity contribution is -0.259. The summed E-state index contributed by atoms with van der Waals surface area (Å²) in [7, 11) is 0. The third-order valence-corrected chi connectivity index (χ3v) is 1.51. The Bertz CT molecular complexity index is 350. The number of benzene rings is 1. The van der Waals surface area contributed by atoms with Gasteiger partial charge in [0.05, 0.1) is 5.69 Å². The first kappa shape index (κ1) is 11.4. The van der Waals surface area contributed by atoms with Gasteiger partial charge in [-0.15, -0.1) is 0 Å². The van der Waals surface area contributed by atoms with Crippen molar-refractivity contribution in [3.63, 3.8) is 0 Å². The van der Waals surface area contributed by atoms with Crippen LogP contribution in [-0.2, 0) is 4.74 Å². The highest BCUT2D eigenvalue weighted by atomic mass is 16.6. The summed E-state index contributed by atoms with van der Waals surface area (Å²) >= 11 is 0. The van der Waals surface area contributed by atoms with Crippen molar-refractivity contribution in [3.05, 3.63) is 24.3 Å². The van der Waals surface area contributed by atoms with E-state index in [9.17, 15) is 5.11 Å². The maximum Gasteiger partial charge on any atom is 0.151 e. The molecule has 4 nitrogen and oxygen atoms in total. The van der Waals surface area contributed by atoms with Crippen LogP contribution in [0.5, 0.6) is 0 Å². The van der Waals surface area contributed by atoms with Crippen LogP contribution in [0.25, 0.3) is 0 Å². The summed E-state index contributed by atoms with van der Waals surface area (Å²) in [5.74, 6) is 0. The number of hydrogen-bond donors (Lipinski definition) is 1. The second-order valence-corrected chi connectivity index (χ2v) is 4.18. The van der Waals surface area contributed by atoms with E-state index in [4.69, 9.17) is 10.5 Å². The number of anilines is 1. The summed E-state index contributed by atoms with van der Waals surface area (Å²) in [6.45, 7) is 5.39. The Morgan fingerprint density at radius 1 is 1.27 bits per heavy atom. The minimum absolute atomic E-state index is 0.519. The van der Waals surface area contributed by atoms with E-state index in [0.717, 1.165) is 0 Å². The number of rotatable bonds is 1. The lowest BCUT2D eigenvalue weighted by atomic mass is 10.2. The molecule has 0 bridgehead atoms. The molecule has 0 fully saturated rings. The predicted molar refractivity (Wildman–Crippen MR) is 58.8 cm³/mol. The fraction of sp³-hybridized carbons (Fsp3) is 0.364. The first-order valence-corrected chi connectivity index (χ1v) is 4.67. The van der Waals surface area contributed by atoms with Crippen LogP contribution >= 0.6 is 0 Å². The SMILES string of the molecule is CC(C)(C)OC([O-])=Nc1ccc(N)cc1. The highest BCUT2D eigenvalue weighted by molar-refractivity contribution is 5.67. The molecule has 0 saturated heterocycles. The molecule has 2 N–H and O–H groups in total. The molecule has 0 unspecified atom stereocenters. The van der Waals surface area contributed by atoms with E-state index in [2.05, 4.69) is 4.99 Å². The molecule has 4 heteroatoms. The Labute approximate surface area is 89.4 Å². The molecule has 0 aliphatic heterocycles. The van der Waals surface area contributed by atoms with Gasteiger partial charge in [0, 0.05) is 11.3 Å². The van der Waals surface area contributed by atoms with Gasteiger partial charge in [0.1, 0.15) is 0 Å². The van der Waals surface area contributed by atoms with E-state index in [-0.39, 0.29) is 0 Å². The van der Waals surface area contributed by atoms with Crippen LogP contribution in [0.15, 0.2) is 29.3 Å². The molecule has 0 spiro atoms. The van der Waals surface area contributed by atoms with Gasteiger partial charge >= 0.3 is 0 Å². The van der Waals surface area contributed by atoms with Gasteiger partial charge in [-0.2, -0.15) is 0 Å². The quantitative estimate of drug-likeness (QED) is 0.430. The van der Waals surface area contributed by atoms with Crippen molar-refractivity contribution in [2.45, 2.75) is 26.4 Å². The van der Waals surface area contributed by atoms with Gasteiger partial charge in [-0.3, -0.25) is 0 Å². The van der Waals surface area contributed by atoms with E-state index in [1.165, 1.54) is 0 Å². The number of nitrogens with zero attached hydrogens (tertiary/aromatic N) is 1. The molecule has 0 aromatic heterocycles. The fourth-order valence-corrected chi connectivity index (χ4v) is 0.939. The third-order valence-electron chi connectivity index (χ3n) is 1.51. The van der Waals surface area contributed by atoms with Crippen molar-refractivity contribution in [1.29, 1.82) is 0 Å². The van der Waals surface area contributed by atoms with Crippen LogP contribution < -0.4 is 10.8 Å². The molecule has 0 saturated carbocycles. The van der Waals surface area contributed by atoms with Crippen LogP contribution in [0.3, 0.4) is 0 Å². The van der Waals surface area contributed by atoms with Gasteiger partial charge in [-0.25, -0.2) is 4.99 Å². The monoisotopic (exact) mass is 207 g/mol. The topological polar surface area (TPSA) is 70.7 Å². The Kier molecular flexibility index (Phi) is 3.19. The number of aliphatic imine (C=N–C) groups is 1. The highest BCUT2D eigenvalue weighted by Gasteiger charge is 2.04. The van der Waals surface area contributed by atoms with Crippen molar-refractivity contribution in [3.8, 4) is 0 Å². The smallest absolute Gasteiger partial charge is 0.151 e. The molecular formula is C11H15N2O2-. The van der Waals surface area contributed by atoms with E-state index in [0.29, 0.717) is 11.4 Å². The van der Waals surface area contributed by atoms with E-state index >= 15 is 0 Å². The van der Waals surface area contributed by atoms with Crippen molar-refractivity contribution in [1.82, 2.24) is 0 Å². The maximum atomic E-state index is 11.3. The lowest BCUT2D eigenvalue weighted by Gasteiger charge is -2.29. The molecular weight excluding hydrogens is 192 g/mol. The van der Waals surface area contributed by atoms with Crippen molar-refractivity contribution < 1.29 is 9.84 Å². The molecule has 15 heavy (non-hydrogen) atoms. The summed E-state index contributed by atoms with van der Waals surface area (Å²) in [6, 6.07) is 6.70. The van der Waals surface area contributed by atoms with E-state index in [1.807, 2.05) is 0 Å². The average molecular weight is 207 g/mol. The Morgan fingerprint density at radius 3 is 2.27 bits per heavy atom. The second kappa shape index (κ2) is 4.21. The molecule has 0 aliphatic rings. The summed E-state index contributed by atoms with van der Waals surface area (Å²) in [5, 5.41) is 11.3. The van der Waals surface area contributed by atoms with Crippen molar-refractivity contribution in [2.24, 2.45) is 4.99 Å². The maximum absolute atomic E-state index is 11.3. The highest BCUT2D eigenvalue weighted by Crippen LogP contribution is 2.15. The first-order chi connectivity index (χ1) is 6.87. The molecule has 82 valence electrons. The van der Waals surface area contributed by atoms with E-state index in [1.54, 1.807) is 45.0 Å². The Hall–Kier alpha value is -1.71. The summed E-state index contributed by atoms with van der Waals surface area (Å²) in [6.07, 6.45) is -0.590. The van der Waals surface area contributed by atoms with Gasteiger partial charge in [0.25, 0.3) is 0 Å². The van der Waals surface area contributed by atoms with E-state index < -0.39 is 11.7 Å². The zero-order chi connectivity index (χ0) is 11.5. The normalized spacial score (nSPS) is 12.6. The molecule has 0 amide bonds. The van der Waals surface area contributed by atoms with Crippen LogP contribution in [0.1, 0.15) is 20.8 Å². The molecule has 0 atom stereocenters. The Balaban J connectivity index is 2.75. The predicted octanol–water partition coefficient (Wildman–Crippen LogP) is 1.43. The largest absolute Gasteiger partial charge is 0.594 e. The Morgan fingerprint density at radius 2 is 1.80 bits per heavy atom. The summed E-state index contributed by atoms with van der Waals surface area (Å²) in [4.78, 5) is 3.77. The van der Waals surface area contributed by atoms with Crippen LogP contribution in [0.4, 0.5) is 11.4 Å². The molecule has 0 aliphatic carbocycles. The standard InChI is InChI=1S/C11H16N2O2/c1-11(2,3)15-10(14)13-9-6-4-8(12)5-7-9/h4-7H,12H2,1-3H3,(H,13,14)/p-1. The fourth-order valence-electron chi connectivity index (χ4n) is 0.939. The zero-order valence-corrected chi connectivity index (χ0v) is 9.15. The number of nitrogen functional groups attached to an aromatic ring is 1. The number of nitrogens with two attached hydrogens (primary N) is 1. The van der Waals surface area contributed by atoms with Crippen LogP contribution in [0.2, 0.25) is 0 Å². The van der Waals surface area contributed by atoms with Crippen molar-refractivity contribution in [2.75, 3.05) is 5.73 Å². The lowest BCUT2D eigenvalue weighted by Crippen LogP contribution is -2.31. The first-order valence-electron chi connectivity index (χ1n) is 4.67. The molecule has 0 heterocycles. The van der Waals surface area contributed by atoms with Gasteiger partial charge in [-0.1, -0.05) is 20.8 Å². The van der Waals surface area contributed by atoms with Crippen molar-refractivity contribution >= 4 is 17.5 Å². The summed E-state index contributed by atoms with van der Waals surface area (Å²) in [5.41, 5.74) is 6.16. The zero-order valence-electron chi connectivity index (χ0n) is 9.15. The number of ether oxygens (including phenoxy) is 1. The molecule has 1 aromatic rings.